The van der Waals surface area contributed by atoms with Crippen molar-refractivity contribution in [3.63, 3.8) is 0 Å². The van der Waals surface area contributed by atoms with Gasteiger partial charge >= 0.3 is 0 Å². The molecule has 0 saturated heterocycles. The highest BCUT2D eigenvalue weighted by Crippen LogP contribution is 2.34. The maximum atomic E-state index is 13.1. The topological polar surface area (TPSA) is 61.4 Å². The highest BCUT2D eigenvalue weighted by molar-refractivity contribution is 6.05. The summed E-state index contributed by atoms with van der Waals surface area (Å²) in [5.41, 5.74) is 3.17. The summed E-state index contributed by atoms with van der Waals surface area (Å²) in [7, 11) is 0. The van der Waals surface area contributed by atoms with Gasteiger partial charge in [-0.2, -0.15) is 0 Å². The zero-order valence-electron chi connectivity index (χ0n) is 15.9. The molecule has 6 heteroatoms. The summed E-state index contributed by atoms with van der Waals surface area (Å²) in [6, 6.07) is 11.3. The molecule has 2 aliphatic rings. The zero-order chi connectivity index (χ0) is 19.7. The van der Waals surface area contributed by atoms with E-state index in [4.69, 9.17) is 0 Å². The van der Waals surface area contributed by atoms with Crippen LogP contribution in [0.25, 0.3) is 0 Å². The van der Waals surface area contributed by atoms with Crippen molar-refractivity contribution in [1.82, 2.24) is 5.32 Å². The van der Waals surface area contributed by atoms with Crippen molar-refractivity contribution >= 4 is 23.2 Å². The molecule has 28 heavy (non-hydrogen) atoms. The number of nitrogens with one attached hydrogen (secondary N) is 2. The minimum absolute atomic E-state index is 0.0519. The maximum absolute atomic E-state index is 13.1. The van der Waals surface area contributed by atoms with Gasteiger partial charge in [0.2, 0.25) is 5.91 Å². The van der Waals surface area contributed by atoms with Crippen LogP contribution >= 0.6 is 0 Å². The normalized spacial score (nSPS) is 16.9. The predicted octanol–water partition coefficient (Wildman–Crippen LogP) is 3.50. The lowest BCUT2D eigenvalue weighted by Crippen LogP contribution is -2.48. The van der Waals surface area contributed by atoms with Gasteiger partial charge in [0.25, 0.3) is 5.91 Å². The third kappa shape index (κ3) is 3.86. The molecule has 4 rings (SSSR count). The van der Waals surface area contributed by atoms with E-state index in [1.54, 1.807) is 0 Å². The minimum atomic E-state index is -0.372. The Balaban J connectivity index is 1.55. The van der Waals surface area contributed by atoms with Crippen molar-refractivity contribution in [3.8, 4) is 0 Å². The SMILES string of the molecule is CC(C(=O)NC1CC1)N1CCCc2c(NC(=O)c3ccc(F)cc3)cccc21. The van der Waals surface area contributed by atoms with Gasteiger partial charge in [-0.3, -0.25) is 9.59 Å². The Morgan fingerprint density at radius 3 is 2.61 bits per heavy atom. The molecule has 0 aromatic heterocycles. The van der Waals surface area contributed by atoms with Crippen LogP contribution in [0, 0.1) is 5.82 Å². The van der Waals surface area contributed by atoms with E-state index in [2.05, 4.69) is 15.5 Å². The van der Waals surface area contributed by atoms with Crippen LogP contribution in [0.4, 0.5) is 15.8 Å². The van der Waals surface area contributed by atoms with Crippen molar-refractivity contribution in [2.45, 2.75) is 44.7 Å². The molecule has 1 heterocycles. The number of fused-ring (bicyclic) bond motifs is 1. The van der Waals surface area contributed by atoms with Crippen molar-refractivity contribution in [1.29, 1.82) is 0 Å². The Morgan fingerprint density at radius 2 is 1.89 bits per heavy atom. The van der Waals surface area contributed by atoms with Crippen molar-refractivity contribution < 1.29 is 14.0 Å². The van der Waals surface area contributed by atoms with Gasteiger partial charge in [0, 0.05) is 29.5 Å². The first-order valence-corrected chi connectivity index (χ1v) is 9.79. The number of anilines is 2. The lowest BCUT2D eigenvalue weighted by Gasteiger charge is -2.36. The van der Waals surface area contributed by atoms with Crippen LogP contribution in [0.15, 0.2) is 42.5 Å². The molecule has 0 bridgehead atoms. The van der Waals surface area contributed by atoms with Crippen LogP contribution in [-0.2, 0) is 11.2 Å². The van der Waals surface area contributed by atoms with Crippen LogP contribution in [0.5, 0.6) is 0 Å². The van der Waals surface area contributed by atoms with Gasteiger partial charge in [-0.25, -0.2) is 4.39 Å². The number of hydrogen-bond donors (Lipinski definition) is 2. The Bertz CT molecular complexity index is 893. The Kier molecular flexibility index (Phi) is 5.03. The third-order valence-electron chi connectivity index (χ3n) is 5.41. The smallest absolute Gasteiger partial charge is 0.255 e. The summed E-state index contributed by atoms with van der Waals surface area (Å²) in [5, 5.41) is 6.02. The molecule has 2 aromatic rings. The Labute approximate surface area is 163 Å². The second-order valence-corrected chi connectivity index (χ2v) is 7.52. The molecular formula is C22H24FN3O2. The molecule has 0 spiro atoms. The minimum Gasteiger partial charge on any atom is -0.359 e. The molecule has 1 aliphatic carbocycles. The first-order chi connectivity index (χ1) is 13.5. The van der Waals surface area contributed by atoms with Crippen molar-refractivity contribution in [2.24, 2.45) is 0 Å². The van der Waals surface area contributed by atoms with Crippen LogP contribution in [0.2, 0.25) is 0 Å². The number of carbonyl (C=O) groups excluding carboxylic acids is 2. The van der Waals surface area contributed by atoms with Crippen LogP contribution in [-0.4, -0.2) is 30.4 Å². The molecule has 1 fully saturated rings. The Morgan fingerprint density at radius 1 is 1.14 bits per heavy atom. The quantitative estimate of drug-likeness (QED) is 0.833. The number of amides is 2. The summed E-state index contributed by atoms with van der Waals surface area (Å²) in [4.78, 5) is 27.2. The van der Waals surface area contributed by atoms with Gasteiger partial charge in [-0.15, -0.1) is 0 Å². The fraction of sp³-hybridized carbons (Fsp3) is 0.364. The summed E-state index contributed by atoms with van der Waals surface area (Å²) >= 11 is 0. The maximum Gasteiger partial charge on any atom is 0.255 e. The van der Waals surface area contributed by atoms with E-state index < -0.39 is 0 Å². The van der Waals surface area contributed by atoms with Gasteiger partial charge in [-0.05, 0) is 74.6 Å². The monoisotopic (exact) mass is 381 g/mol. The molecule has 1 aliphatic heterocycles. The standard InChI is InChI=1S/C22H24FN3O2/c1-14(21(27)24-17-11-12-17)26-13-3-4-18-19(5-2-6-20(18)26)25-22(28)15-7-9-16(23)10-8-15/h2,5-10,14,17H,3-4,11-13H2,1H3,(H,24,27)(H,25,28). The first kappa shape index (κ1) is 18.5. The van der Waals surface area contributed by atoms with Gasteiger partial charge in [0.15, 0.2) is 0 Å². The van der Waals surface area contributed by atoms with E-state index in [0.29, 0.717) is 11.6 Å². The highest BCUT2D eigenvalue weighted by Gasteiger charge is 2.31. The van der Waals surface area contributed by atoms with Gasteiger partial charge in [-0.1, -0.05) is 6.07 Å². The predicted molar refractivity (Wildman–Crippen MR) is 107 cm³/mol. The molecule has 0 radical (unpaired) electrons. The lowest BCUT2D eigenvalue weighted by atomic mass is 9.97. The molecule has 2 N–H and O–H groups in total. The van der Waals surface area contributed by atoms with E-state index in [9.17, 15) is 14.0 Å². The third-order valence-corrected chi connectivity index (χ3v) is 5.41. The van der Waals surface area contributed by atoms with Crippen molar-refractivity contribution in [2.75, 3.05) is 16.8 Å². The summed E-state index contributed by atoms with van der Waals surface area (Å²) in [6.45, 7) is 2.73. The highest BCUT2D eigenvalue weighted by atomic mass is 19.1. The average molecular weight is 381 g/mol. The number of benzene rings is 2. The van der Waals surface area contributed by atoms with E-state index in [-0.39, 0.29) is 23.7 Å². The second-order valence-electron chi connectivity index (χ2n) is 7.52. The molecule has 2 amide bonds. The molecule has 5 nitrogen and oxygen atoms in total. The summed E-state index contributed by atoms with van der Waals surface area (Å²) in [6.07, 6.45) is 3.88. The van der Waals surface area contributed by atoms with E-state index >= 15 is 0 Å². The fourth-order valence-electron chi connectivity index (χ4n) is 3.66. The average Bonchev–Trinajstić information content (AvgIpc) is 3.51. The van der Waals surface area contributed by atoms with Gasteiger partial charge in [0.1, 0.15) is 11.9 Å². The van der Waals surface area contributed by atoms with E-state index in [1.807, 2.05) is 25.1 Å². The zero-order valence-corrected chi connectivity index (χ0v) is 15.9. The molecule has 2 aromatic carbocycles. The summed E-state index contributed by atoms with van der Waals surface area (Å²) in [5.74, 6) is -0.594. The van der Waals surface area contributed by atoms with E-state index in [0.717, 1.165) is 49.2 Å². The molecule has 1 unspecified atom stereocenters. The fourth-order valence-corrected chi connectivity index (χ4v) is 3.66. The van der Waals surface area contributed by atoms with Gasteiger partial charge in [0.05, 0.1) is 0 Å². The Hall–Kier alpha value is -2.89. The van der Waals surface area contributed by atoms with Gasteiger partial charge < -0.3 is 15.5 Å². The van der Waals surface area contributed by atoms with Crippen LogP contribution < -0.4 is 15.5 Å². The first-order valence-electron chi connectivity index (χ1n) is 9.79. The molecule has 146 valence electrons. The number of halogens is 1. The number of rotatable bonds is 5. The molecular weight excluding hydrogens is 357 g/mol. The molecule has 1 atom stereocenters. The van der Waals surface area contributed by atoms with Crippen molar-refractivity contribution in [3.05, 3.63) is 59.4 Å². The number of carbonyl (C=O) groups is 2. The number of hydrogen-bond acceptors (Lipinski definition) is 3. The lowest BCUT2D eigenvalue weighted by molar-refractivity contribution is -0.122. The molecule has 1 saturated carbocycles. The second kappa shape index (κ2) is 7.62. The van der Waals surface area contributed by atoms with Crippen LogP contribution in [0.1, 0.15) is 42.1 Å². The summed E-state index contributed by atoms with van der Waals surface area (Å²) < 4.78 is 13.1. The number of nitrogens with zero attached hydrogens (tertiary/aromatic N) is 1. The largest absolute Gasteiger partial charge is 0.359 e. The van der Waals surface area contributed by atoms with Crippen LogP contribution in [0.3, 0.4) is 0 Å². The van der Waals surface area contributed by atoms with E-state index in [1.165, 1.54) is 24.3 Å².